The third kappa shape index (κ3) is 2.50. The Hall–Kier alpha value is -0.983. The van der Waals surface area contributed by atoms with Gasteiger partial charge >= 0.3 is 0 Å². The van der Waals surface area contributed by atoms with Gasteiger partial charge in [-0.2, -0.15) is 0 Å². The molecule has 0 fully saturated rings. The monoisotopic (exact) mass is 224 g/mol. The van der Waals surface area contributed by atoms with Gasteiger partial charge in [0.25, 0.3) is 0 Å². The van der Waals surface area contributed by atoms with Crippen molar-refractivity contribution in [2.45, 2.75) is 19.6 Å². The van der Waals surface area contributed by atoms with Crippen LogP contribution in [0.1, 0.15) is 5.69 Å². The minimum Gasteiger partial charge on any atom is -0.359 e. The van der Waals surface area contributed by atoms with Gasteiger partial charge in [0.2, 0.25) is 0 Å². The van der Waals surface area contributed by atoms with Gasteiger partial charge in [-0.05, 0) is 17.2 Å². The lowest BCUT2D eigenvalue weighted by atomic mass is 10.3. The molecule has 0 saturated heterocycles. The maximum atomic E-state index is 5.90. The standard InChI is InChI=1S/C10H13ClN2Si/c1-14(2,3)10-6-8(11)7-13-9(10)4-5-12/h6-7H,12H2,1-3H3. The molecule has 0 aromatic carbocycles. The molecule has 1 aromatic heterocycles. The van der Waals surface area contributed by atoms with E-state index in [0.29, 0.717) is 5.02 Å². The van der Waals surface area contributed by atoms with Gasteiger partial charge in [0, 0.05) is 12.2 Å². The molecule has 1 aromatic rings. The second-order valence-corrected chi connectivity index (χ2v) is 9.54. The van der Waals surface area contributed by atoms with E-state index in [1.165, 1.54) is 0 Å². The molecule has 0 aliphatic heterocycles. The van der Waals surface area contributed by atoms with E-state index in [4.69, 9.17) is 17.3 Å². The van der Waals surface area contributed by atoms with Crippen molar-refractivity contribution in [2.75, 3.05) is 0 Å². The van der Waals surface area contributed by atoms with Gasteiger partial charge in [-0.3, -0.25) is 0 Å². The number of nitrogens with two attached hydrogens (primary N) is 1. The lowest BCUT2D eigenvalue weighted by Gasteiger charge is -2.17. The summed E-state index contributed by atoms with van der Waals surface area (Å²) < 4.78 is 0. The zero-order valence-electron chi connectivity index (χ0n) is 8.56. The molecule has 0 atom stereocenters. The predicted molar refractivity (Wildman–Crippen MR) is 63.3 cm³/mol. The number of pyridine rings is 1. The molecule has 1 heterocycles. The van der Waals surface area contributed by atoms with Crippen molar-refractivity contribution in [3.05, 3.63) is 23.0 Å². The number of nitrogens with zero attached hydrogens (tertiary/aromatic N) is 1. The molecule has 0 aliphatic rings. The van der Waals surface area contributed by atoms with Crippen LogP contribution in [0.3, 0.4) is 0 Å². The van der Waals surface area contributed by atoms with Gasteiger partial charge in [0.05, 0.1) is 13.1 Å². The first-order chi connectivity index (χ1) is 6.45. The minimum atomic E-state index is -1.45. The van der Waals surface area contributed by atoms with Crippen LogP contribution in [0.5, 0.6) is 0 Å². The number of halogens is 1. The van der Waals surface area contributed by atoms with Crippen LogP contribution in [-0.4, -0.2) is 13.1 Å². The Balaban J connectivity index is 3.35. The molecule has 2 N–H and O–H groups in total. The average molecular weight is 225 g/mol. The topological polar surface area (TPSA) is 38.9 Å². The summed E-state index contributed by atoms with van der Waals surface area (Å²) in [7, 11) is -1.45. The highest BCUT2D eigenvalue weighted by molar-refractivity contribution is 6.89. The molecular formula is C10H13ClN2Si. The Morgan fingerprint density at radius 3 is 2.57 bits per heavy atom. The fourth-order valence-electron chi connectivity index (χ4n) is 1.18. The van der Waals surface area contributed by atoms with E-state index in [1.54, 1.807) is 6.20 Å². The second kappa shape index (κ2) is 4.03. The fraction of sp³-hybridized carbons (Fsp3) is 0.300. The van der Waals surface area contributed by atoms with Crippen molar-refractivity contribution < 1.29 is 0 Å². The van der Waals surface area contributed by atoms with E-state index in [2.05, 4.69) is 36.6 Å². The first-order valence-electron chi connectivity index (χ1n) is 4.33. The third-order valence-electron chi connectivity index (χ3n) is 1.85. The summed E-state index contributed by atoms with van der Waals surface area (Å²) >= 11 is 5.90. The molecule has 0 bridgehead atoms. The molecule has 0 saturated carbocycles. The molecular weight excluding hydrogens is 212 g/mol. The second-order valence-electron chi connectivity index (χ2n) is 4.07. The number of hydrogen-bond acceptors (Lipinski definition) is 2. The van der Waals surface area contributed by atoms with Crippen LogP contribution in [-0.2, 0) is 0 Å². The molecule has 14 heavy (non-hydrogen) atoms. The average Bonchev–Trinajstić information content (AvgIpc) is 2.07. The number of rotatable bonds is 1. The first-order valence-corrected chi connectivity index (χ1v) is 8.20. The number of hydrogen-bond donors (Lipinski definition) is 1. The largest absolute Gasteiger partial charge is 0.359 e. The van der Waals surface area contributed by atoms with E-state index in [1.807, 2.05) is 6.07 Å². The van der Waals surface area contributed by atoms with Gasteiger partial charge in [0.1, 0.15) is 5.69 Å². The zero-order chi connectivity index (χ0) is 10.8. The Morgan fingerprint density at radius 1 is 1.43 bits per heavy atom. The molecule has 2 nitrogen and oxygen atoms in total. The van der Waals surface area contributed by atoms with E-state index in [9.17, 15) is 0 Å². The van der Waals surface area contributed by atoms with Gasteiger partial charge in [-0.15, -0.1) is 0 Å². The van der Waals surface area contributed by atoms with Crippen LogP contribution in [0, 0.1) is 12.0 Å². The first kappa shape index (κ1) is 11.1. The molecule has 0 unspecified atom stereocenters. The highest BCUT2D eigenvalue weighted by Gasteiger charge is 2.20. The Morgan fingerprint density at radius 2 is 2.07 bits per heavy atom. The Kier molecular flexibility index (Phi) is 3.20. The van der Waals surface area contributed by atoms with Crippen molar-refractivity contribution in [2.24, 2.45) is 5.73 Å². The highest BCUT2D eigenvalue weighted by atomic mass is 35.5. The summed E-state index contributed by atoms with van der Waals surface area (Å²) in [5.74, 6) is 2.80. The van der Waals surface area contributed by atoms with Crippen molar-refractivity contribution >= 4 is 24.9 Å². The quantitative estimate of drug-likeness (QED) is 0.447. The van der Waals surface area contributed by atoms with Gasteiger partial charge in [-0.1, -0.05) is 31.2 Å². The van der Waals surface area contributed by atoms with Crippen LogP contribution in [0.25, 0.3) is 0 Å². The van der Waals surface area contributed by atoms with E-state index in [-0.39, 0.29) is 0 Å². The Bertz CT molecular complexity index is 399. The molecule has 0 spiro atoms. The fourth-order valence-corrected chi connectivity index (χ4v) is 2.85. The van der Waals surface area contributed by atoms with Gasteiger partial charge < -0.3 is 5.73 Å². The van der Waals surface area contributed by atoms with Crippen molar-refractivity contribution in [3.8, 4) is 12.0 Å². The molecule has 0 radical (unpaired) electrons. The summed E-state index contributed by atoms with van der Waals surface area (Å²) in [6.07, 6.45) is 1.60. The van der Waals surface area contributed by atoms with Crippen molar-refractivity contribution in [1.82, 2.24) is 4.98 Å². The smallest absolute Gasteiger partial charge is 0.114 e. The normalized spacial score (nSPS) is 10.6. The molecule has 0 aliphatic carbocycles. The van der Waals surface area contributed by atoms with E-state index in [0.717, 1.165) is 10.9 Å². The molecule has 4 heteroatoms. The van der Waals surface area contributed by atoms with Crippen LogP contribution in [0.15, 0.2) is 12.3 Å². The van der Waals surface area contributed by atoms with Gasteiger partial charge in [-0.25, -0.2) is 4.98 Å². The van der Waals surface area contributed by atoms with Crippen LogP contribution in [0.4, 0.5) is 0 Å². The lowest BCUT2D eigenvalue weighted by molar-refractivity contribution is 1.30. The van der Waals surface area contributed by atoms with Crippen LogP contribution < -0.4 is 10.9 Å². The molecule has 1 rings (SSSR count). The van der Waals surface area contributed by atoms with E-state index < -0.39 is 8.07 Å². The molecule has 0 amide bonds. The van der Waals surface area contributed by atoms with Crippen molar-refractivity contribution in [3.63, 3.8) is 0 Å². The summed E-state index contributed by atoms with van der Waals surface area (Å²) in [5, 5.41) is 1.81. The molecule has 74 valence electrons. The van der Waals surface area contributed by atoms with Gasteiger partial charge in [0.15, 0.2) is 0 Å². The maximum absolute atomic E-state index is 5.90. The Labute approximate surface area is 90.5 Å². The van der Waals surface area contributed by atoms with Crippen LogP contribution >= 0.6 is 11.6 Å². The zero-order valence-corrected chi connectivity index (χ0v) is 10.3. The number of aromatic nitrogens is 1. The third-order valence-corrected chi connectivity index (χ3v) is 4.06. The van der Waals surface area contributed by atoms with Crippen LogP contribution in [0.2, 0.25) is 24.7 Å². The minimum absolute atomic E-state index is 0.657. The highest BCUT2D eigenvalue weighted by Crippen LogP contribution is 2.10. The van der Waals surface area contributed by atoms with Crippen molar-refractivity contribution in [1.29, 1.82) is 0 Å². The predicted octanol–water partition coefficient (Wildman–Crippen LogP) is 1.55. The SMILES string of the molecule is C[Si](C)(C)c1cc(Cl)cnc1C#CN. The van der Waals surface area contributed by atoms with E-state index >= 15 is 0 Å². The summed E-state index contributed by atoms with van der Waals surface area (Å²) in [6, 6.07) is 4.33. The maximum Gasteiger partial charge on any atom is 0.114 e. The summed E-state index contributed by atoms with van der Waals surface area (Å²) in [6.45, 7) is 6.67. The summed E-state index contributed by atoms with van der Waals surface area (Å²) in [5.41, 5.74) is 5.95. The lowest BCUT2D eigenvalue weighted by Crippen LogP contribution is -2.40. The summed E-state index contributed by atoms with van der Waals surface area (Å²) in [4.78, 5) is 4.18.